The molecule has 1 nitrogen and oxygen atoms in total. The molecule has 1 aliphatic heterocycles. The fourth-order valence-electron chi connectivity index (χ4n) is 10.0. The molecule has 246 valence electrons. The molecule has 0 aromatic heterocycles. The van der Waals surface area contributed by atoms with E-state index in [9.17, 15) is 0 Å². The van der Waals surface area contributed by atoms with Gasteiger partial charge in [-0.15, -0.1) is 0 Å². The summed E-state index contributed by atoms with van der Waals surface area (Å²) in [4.78, 5) is 2.46. The molecule has 2 aliphatic rings. The molecule has 2 heteroatoms. The van der Waals surface area contributed by atoms with Crippen molar-refractivity contribution in [3.63, 3.8) is 0 Å². The second-order valence-electron chi connectivity index (χ2n) is 14.8. The summed E-state index contributed by atoms with van der Waals surface area (Å²) in [5.41, 5.74) is 23.4. The molecule has 0 atom stereocenters. The summed E-state index contributed by atoms with van der Waals surface area (Å²) >= 11 is 0. The van der Waals surface area contributed by atoms with Crippen LogP contribution in [-0.4, -0.2) is 6.71 Å². The summed E-state index contributed by atoms with van der Waals surface area (Å²) in [6.07, 6.45) is 0. The Hall–Kier alpha value is -5.60. The number of hydrogen-bond acceptors (Lipinski definition) is 1. The van der Waals surface area contributed by atoms with Gasteiger partial charge in [0.2, 0.25) is 6.71 Å². The first-order valence-corrected chi connectivity index (χ1v) is 18.2. The maximum Gasteiger partial charge on any atom is 0.243 e. The van der Waals surface area contributed by atoms with Gasteiger partial charge in [0.1, 0.15) is 0 Å². The minimum absolute atomic E-state index is 0.0688. The molecule has 0 unspecified atom stereocenters. The van der Waals surface area contributed by atoms with Crippen LogP contribution in [0.3, 0.4) is 0 Å². The van der Waals surface area contributed by atoms with Crippen LogP contribution in [0.1, 0.15) is 55.6 Å². The highest BCUT2D eigenvalue weighted by Gasteiger charge is 2.52. The minimum Gasteiger partial charge on any atom is -0.310 e. The number of para-hydroxylation sites is 3. The van der Waals surface area contributed by atoms with Crippen molar-refractivity contribution < 1.29 is 0 Å². The van der Waals surface area contributed by atoms with Crippen molar-refractivity contribution in [2.75, 3.05) is 4.90 Å². The fourth-order valence-corrected chi connectivity index (χ4v) is 10.0. The van der Waals surface area contributed by atoms with Crippen LogP contribution in [0.25, 0.3) is 11.1 Å². The fraction of sp³-hybridized carbons (Fsp3) is 0.143. The van der Waals surface area contributed by atoms with Crippen molar-refractivity contribution in [3.05, 3.63) is 201 Å². The number of anilines is 3. The number of benzene rings is 7. The Balaban J connectivity index is 1.42. The van der Waals surface area contributed by atoms with Gasteiger partial charge in [-0.05, 0) is 99.2 Å². The van der Waals surface area contributed by atoms with Gasteiger partial charge < -0.3 is 4.90 Å². The minimum atomic E-state index is -0.486. The van der Waals surface area contributed by atoms with E-state index in [0.29, 0.717) is 0 Å². The van der Waals surface area contributed by atoms with Gasteiger partial charge in [-0.25, -0.2) is 0 Å². The van der Waals surface area contributed by atoms with Gasteiger partial charge in [0, 0.05) is 5.69 Å². The molecule has 0 saturated heterocycles. The van der Waals surface area contributed by atoms with Gasteiger partial charge in [0.25, 0.3) is 0 Å². The van der Waals surface area contributed by atoms with Crippen LogP contribution < -0.4 is 21.3 Å². The molecule has 0 amide bonds. The molecule has 0 N–H and O–H groups in total. The Kier molecular flexibility index (Phi) is 7.23. The lowest BCUT2D eigenvalue weighted by atomic mass is 9.33. The largest absolute Gasteiger partial charge is 0.310 e. The molecule has 0 bridgehead atoms. The lowest BCUT2D eigenvalue weighted by molar-refractivity contribution is 0.753. The third-order valence-corrected chi connectivity index (χ3v) is 11.6. The standard InChI is InChI=1S/C49H42BN/c1-31-27-33(3)47(34(4)28-31)50(48-35(5)29-32(2)30-36(48)6)43-24-16-23-42-46(43)38-19-10-11-20-39(38)49(42)40-21-12-14-25-44(40)51(37-17-8-7-9-18-37)45-26-15-13-22-41(45)49/h7-30H,1-6H3. The third kappa shape index (κ3) is 4.49. The highest BCUT2D eigenvalue weighted by Crippen LogP contribution is 2.63. The molecule has 1 aliphatic carbocycles. The Labute approximate surface area is 303 Å². The number of hydrogen-bond donors (Lipinski definition) is 0. The number of aryl methyl sites for hydroxylation is 6. The molecule has 9 rings (SSSR count). The molecule has 0 radical (unpaired) electrons. The van der Waals surface area contributed by atoms with E-state index in [1.54, 1.807) is 0 Å². The van der Waals surface area contributed by atoms with E-state index < -0.39 is 5.41 Å². The first-order chi connectivity index (χ1) is 24.8. The van der Waals surface area contributed by atoms with E-state index in [-0.39, 0.29) is 6.71 Å². The smallest absolute Gasteiger partial charge is 0.243 e. The summed E-state index contributed by atoms with van der Waals surface area (Å²) in [5, 5.41) is 0. The van der Waals surface area contributed by atoms with E-state index in [4.69, 9.17) is 0 Å². The van der Waals surface area contributed by atoms with E-state index >= 15 is 0 Å². The maximum atomic E-state index is 2.46. The van der Waals surface area contributed by atoms with Crippen molar-refractivity contribution in [2.24, 2.45) is 0 Å². The Morgan fingerprint density at radius 3 is 1.43 bits per heavy atom. The van der Waals surface area contributed by atoms with Crippen LogP contribution in [0, 0.1) is 41.5 Å². The maximum absolute atomic E-state index is 2.46. The van der Waals surface area contributed by atoms with Crippen LogP contribution in [0.2, 0.25) is 0 Å². The van der Waals surface area contributed by atoms with E-state index in [2.05, 4.69) is 192 Å². The van der Waals surface area contributed by atoms with Gasteiger partial charge in [-0.2, -0.15) is 0 Å². The predicted octanol–water partition coefficient (Wildman–Crippen LogP) is 10.2. The number of nitrogens with zero attached hydrogens (tertiary/aromatic N) is 1. The van der Waals surface area contributed by atoms with Crippen molar-refractivity contribution in [1.29, 1.82) is 0 Å². The molecule has 0 saturated carbocycles. The van der Waals surface area contributed by atoms with Crippen LogP contribution in [0.5, 0.6) is 0 Å². The number of rotatable bonds is 4. The summed E-state index contributed by atoms with van der Waals surface area (Å²) < 4.78 is 0. The predicted molar refractivity (Wildman–Crippen MR) is 218 cm³/mol. The molecular formula is C49H42BN. The average molecular weight is 656 g/mol. The second kappa shape index (κ2) is 11.7. The van der Waals surface area contributed by atoms with E-state index in [1.165, 1.54) is 100 Å². The SMILES string of the molecule is Cc1cc(C)c(B(c2cccc3c2-c2ccccc2C32c3ccccc3N(c3ccccc3)c3ccccc32)c2c(C)cc(C)cc2C)c(C)c1. The Bertz CT molecular complexity index is 2360. The zero-order valence-electron chi connectivity index (χ0n) is 30.4. The Morgan fingerprint density at radius 2 is 0.882 bits per heavy atom. The van der Waals surface area contributed by atoms with Crippen LogP contribution in [0.15, 0.2) is 146 Å². The normalized spacial score (nSPS) is 13.4. The lowest BCUT2D eigenvalue weighted by Crippen LogP contribution is -2.56. The second-order valence-corrected chi connectivity index (χ2v) is 14.8. The highest BCUT2D eigenvalue weighted by atomic mass is 15.2. The molecule has 51 heavy (non-hydrogen) atoms. The average Bonchev–Trinajstić information content (AvgIpc) is 3.42. The monoisotopic (exact) mass is 655 g/mol. The zero-order valence-corrected chi connectivity index (χ0v) is 30.4. The topological polar surface area (TPSA) is 3.24 Å². The molecule has 7 aromatic carbocycles. The summed E-state index contributed by atoms with van der Waals surface area (Å²) in [5.74, 6) is 0. The van der Waals surface area contributed by atoms with Gasteiger partial charge >= 0.3 is 0 Å². The quantitative estimate of drug-likeness (QED) is 0.171. The molecule has 1 heterocycles. The summed E-state index contributed by atoms with van der Waals surface area (Å²) in [7, 11) is 0. The molecular weight excluding hydrogens is 613 g/mol. The zero-order chi connectivity index (χ0) is 35.0. The van der Waals surface area contributed by atoms with Crippen molar-refractivity contribution >= 4 is 40.2 Å². The number of fused-ring (bicyclic) bond motifs is 9. The van der Waals surface area contributed by atoms with Gasteiger partial charge in [0.05, 0.1) is 16.8 Å². The van der Waals surface area contributed by atoms with Crippen LogP contribution >= 0.6 is 0 Å². The van der Waals surface area contributed by atoms with Gasteiger partial charge in [0.15, 0.2) is 0 Å². The summed E-state index contributed by atoms with van der Waals surface area (Å²) in [6.45, 7) is 13.8. The van der Waals surface area contributed by atoms with Gasteiger partial charge in [-0.1, -0.05) is 171 Å². The van der Waals surface area contributed by atoms with Crippen molar-refractivity contribution in [1.82, 2.24) is 0 Å². The summed E-state index contributed by atoms with van der Waals surface area (Å²) in [6, 6.07) is 54.9. The van der Waals surface area contributed by atoms with Crippen molar-refractivity contribution in [3.8, 4) is 11.1 Å². The first-order valence-electron chi connectivity index (χ1n) is 18.2. The third-order valence-electron chi connectivity index (χ3n) is 11.6. The molecule has 7 aromatic rings. The van der Waals surface area contributed by atoms with Crippen molar-refractivity contribution in [2.45, 2.75) is 47.0 Å². The lowest BCUT2D eigenvalue weighted by Gasteiger charge is -2.45. The van der Waals surface area contributed by atoms with Gasteiger partial charge in [-0.3, -0.25) is 0 Å². The molecule has 1 spiro atoms. The Morgan fingerprint density at radius 1 is 0.431 bits per heavy atom. The van der Waals surface area contributed by atoms with Crippen LogP contribution in [0.4, 0.5) is 17.1 Å². The van der Waals surface area contributed by atoms with Crippen LogP contribution in [-0.2, 0) is 5.41 Å². The highest BCUT2D eigenvalue weighted by molar-refractivity contribution is 6.97. The van der Waals surface area contributed by atoms with E-state index in [0.717, 1.165) is 0 Å². The first kappa shape index (κ1) is 31.4. The van der Waals surface area contributed by atoms with E-state index in [1.807, 2.05) is 0 Å². The molecule has 0 fully saturated rings.